The van der Waals surface area contributed by atoms with Crippen molar-refractivity contribution in [2.75, 3.05) is 19.6 Å². The first kappa shape index (κ1) is 37.8. The zero-order chi connectivity index (χ0) is 34.3. The highest BCUT2D eigenvalue weighted by atomic mass is 16.3. The molecule has 0 aliphatic carbocycles. The first-order valence-electron chi connectivity index (χ1n) is 13.6. The highest BCUT2D eigenvalue weighted by Gasteiger charge is 2.11. The molecule has 3 aromatic rings. The Morgan fingerprint density at radius 3 is 1.53 bits per heavy atom. The van der Waals surface area contributed by atoms with Crippen LogP contribution in [0.2, 0.25) is 0 Å². The number of guanidine groups is 3. The number of nitrogens with zero attached hydrogens (tertiary/aromatic N) is 3. The maximum Gasteiger partial charge on any atom is 0.186 e. The molecule has 0 aliphatic heterocycles. The van der Waals surface area contributed by atoms with Gasteiger partial charge < -0.3 is 65.0 Å². The Labute approximate surface area is 261 Å². The average molecular weight is 628 g/mol. The van der Waals surface area contributed by atoms with E-state index in [1.807, 2.05) is 13.8 Å². The lowest BCUT2D eigenvalue weighted by Crippen LogP contribution is -2.23. The molecule has 3 atom stereocenters. The van der Waals surface area contributed by atoms with Gasteiger partial charge in [0.1, 0.15) is 17.2 Å². The SMILES string of the molecule is Cc1cc(O)cc([C@@H](O)CN=C(N)N)c1.Cc1ccc(O)cc1[C@@H](O)CN=C(N)N.Cc1ccc([C@@H](O)CN=C(N)N)cc1O. The molecule has 0 radical (unpaired) electrons. The molecule has 0 heterocycles. The quantitative estimate of drug-likeness (QED) is 0.110. The van der Waals surface area contributed by atoms with Gasteiger partial charge in [-0.15, -0.1) is 0 Å². The van der Waals surface area contributed by atoms with Crippen molar-refractivity contribution in [1.29, 1.82) is 0 Å². The normalized spacial score (nSPS) is 12.1. The van der Waals surface area contributed by atoms with Crippen molar-refractivity contribution in [3.05, 3.63) is 88.0 Å². The first-order valence-corrected chi connectivity index (χ1v) is 13.6. The Hall–Kier alpha value is -5.25. The summed E-state index contributed by atoms with van der Waals surface area (Å²) in [5.74, 6) is 0.188. The molecule has 0 fully saturated rings. The van der Waals surface area contributed by atoms with Crippen LogP contribution in [-0.2, 0) is 0 Å². The number of benzene rings is 3. The third-order valence-corrected chi connectivity index (χ3v) is 6.05. The smallest absolute Gasteiger partial charge is 0.186 e. The third kappa shape index (κ3) is 14.7. The summed E-state index contributed by atoms with van der Waals surface area (Å²) < 4.78 is 0. The largest absolute Gasteiger partial charge is 0.508 e. The van der Waals surface area contributed by atoms with Crippen molar-refractivity contribution in [2.45, 2.75) is 39.1 Å². The summed E-state index contributed by atoms with van der Waals surface area (Å²) in [6, 6.07) is 14.6. The van der Waals surface area contributed by atoms with Crippen molar-refractivity contribution >= 4 is 17.9 Å². The van der Waals surface area contributed by atoms with Gasteiger partial charge in [-0.05, 0) is 84.5 Å². The van der Waals surface area contributed by atoms with E-state index in [2.05, 4.69) is 15.0 Å². The van der Waals surface area contributed by atoms with Crippen molar-refractivity contribution in [1.82, 2.24) is 0 Å². The maximum atomic E-state index is 9.75. The number of phenolic OH excluding ortho intramolecular Hbond substituents is 3. The molecule has 18 N–H and O–H groups in total. The molecule has 3 rings (SSSR count). The molecule has 0 saturated heterocycles. The van der Waals surface area contributed by atoms with E-state index in [4.69, 9.17) is 34.4 Å². The number of hydrogen-bond acceptors (Lipinski definition) is 9. The van der Waals surface area contributed by atoms with Crippen molar-refractivity contribution < 1.29 is 30.6 Å². The van der Waals surface area contributed by atoms with Crippen LogP contribution >= 0.6 is 0 Å². The minimum absolute atomic E-state index is 0.0631. The summed E-state index contributed by atoms with van der Waals surface area (Å²) >= 11 is 0. The van der Waals surface area contributed by atoms with Crippen LogP contribution in [0.3, 0.4) is 0 Å². The molecule has 0 unspecified atom stereocenters. The second-order valence-electron chi connectivity index (χ2n) is 10.0. The molecule has 0 saturated carbocycles. The van der Waals surface area contributed by atoms with Gasteiger partial charge in [-0.1, -0.05) is 24.3 Å². The van der Waals surface area contributed by atoms with E-state index >= 15 is 0 Å². The molecule has 3 aromatic carbocycles. The number of hydrogen-bond donors (Lipinski definition) is 12. The standard InChI is InChI=1S/3C10H15N3O2/c1-6-2-7(4-8(14)3-6)9(15)5-13-10(11)12;1-6-2-3-7(14)4-8(6)9(15)5-13-10(11)12;1-6-2-3-7(4-8(6)14)9(15)5-13-10(11)12/h3*2-4,9,14-15H,5H2,1H3,(H4,11,12,13)/t3*9-/m000/s1. The van der Waals surface area contributed by atoms with Crippen LogP contribution in [0.15, 0.2) is 69.6 Å². The van der Waals surface area contributed by atoms with Gasteiger partial charge >= 0.3 is 0 Å². The Bertz CT molecular complexity index is 1450. The Morgan fingerprint density at radius 1 is 0.556 bits per heavy atom. The molecule has 0 aliphatic rings. The monoisotopic (exact) mass is 627 g/mol. The number of aliphatic hydroxyl groups is 3. The van der Waals surface area contributed by atoms with Crippen LogP contribution in [0, 0.1) is 20.8 Å². The fourth-order valence-electron chi connectivity index (χ4n) is 3.69. The number of nitrogens with two attached hydrogens (primary N) is 6. The second kappa shape index (κ2) is 18.4. The van der Waals surface area contributed by atoms with E-state index in [0.717, 1.165) is 16.7 Å². The van der Waals surface area contributed by atoms with Crippen molar-refractivity contribution in [2.24, 2.45) is 49.4 Å². The van der Waals surface area contributed by atoms with Gasteiger partial charge in [-0.3, -0.25) is 15.0 Å². The van der Waals surface area contributed by atoms with Gasteiger partial charge in [-0.2, -0.15) is 0 Å². The van der Waals surface area contributed by atoms with Crippen molar-refractivity contribution in [3.8, 4) is 17.2 Å². The molecule has 0 amide bonds. The Kier molecular flexibility index (Phi) is 15.5. The lowest BCUT2D eigenvalue weighted by atomic mass is 10.0. The predicted octanol–water partition coefficient (Wildman–Crippen LogP) is 0.0223. The number of rotatable bonds is 9. The fraction of sp³-hybridized carbons (Fsp3) is 0.300. The summed E-state index contributed by atoms with van der Waals surface area (Å²) in [5.41, 5.74) is 35.2. The van der Waals surface area contributed by atoms with Gasteiger partial charge in [0.2, 0.25) is 0 Å². The first-order chi connectivity index (χ1) is 21.0. The maximum absolute atomic E-state index is 9.75. The van der Waals surface area contributed by atoms with Crippen LogP contribution in [0.4, 0.5) is 0 Å². The van der Waals surface area contributed by atoms with Crippen LogP contribution in [0.5, 0.6) is 17.2 Å². The molecule has 0 bridgehead atoms. The Morgan fingerprint density at radius 2 is 1.04 bits per heavy atom. The molecule has 15 heteroatoms. The summed E-state index contributed by atoms with van der Waals surface area (Å²) in [4.78, 5) is 11.1. The minimum Gasteiger partial charge on any atom is -0.508 e. The van der Waals surface area contributed by atoms with Crippen LogP contribution in [0.1, 0.15) is 51.7 Å². The molecule has 0 spiro atoms. The van der Waals surface area contributed by atoms with Gasteiger partial charge in [0.15, 0.2) is 17.9 Å². The Balaban J connectivity index is 0.000000337. The second-order valence-corrected chi connectivity index (χ2v) is 10.0. The number of aromatic hydroxyl groups is 3. The summed E-state index contributed by atoms with van der Waals surface area (Å²) in [6.07, 6.45) is -2.42. The van der Waals surface area contributed by atoms with Crippen LogP contribution < -0.4 is 34.4 Å². The number of aliphatic hydroxyl groups excluding tert-OH is 3. The number of phenols is 3. The van der Waals surface area contributed by atoms with E-state index in [-0.39, 0.29) is 54.8 Å². The molecular formula is C30H45N9O6. The zero-order valence-electron chi connectivity index (χ0n) is 25.5. The van der Waals surface area contributed by atoms with Gasteiger partial charge in [0.25, 0.3) is 0 Å². The highest BCUT2D eigenvalue weighted by Crippen LogP contribution is 2.24. The molecule has 0 aromatic heterocycles. The van der Waals surface area contributed by atoms with E-state index in [9.17, 15) is 30.6 Å². The fourth-order valence-corrected chi connectivity index (χ4v) is 3.69. The molecule has 246 valence electrons. The summed E-state index contributed by atoms with van der Waals surface area (Å²) in [6.45, 7) is 5.72. The highest BCUT2D eigenvalue weighted by molar-refractivity contribution is 5.76. The van der Waals surface area contributed by atoms with Crippen molar-refractivity contribution in [3.63, 3.8) is 0 Å². The van der Waals surface area contributed by atoms with E-state index < -0.39 is 18.3 Å². The van der Waals surface area contributed by atoms with Gasteiger partial charge in [0.05, 0.1) is 37.9 Å². The average Bonchev–Trinajstić information content (AvgIpc) is 2.96. The van der Waals surface area contributed by atoms with Crippen LogP contribution in [-0.4, -0.2) is 68.2 Å². The molecule has 15 nitrogen and oxygen atoms in total. The molecule has 45 heavy (non-hydrogen) atoms. The topological polar surface area (TPSA) is 315 Å². The molecular weight excluding hydrogens is 582 g/mol. The minimum atomic E-state index is -0.807. The lowest BCUT2D eigenvalue weighted by molar-refractivity contribution is 0.186. The van der Waals surface area contributed by atoms with Gasteiger partial charge in [-0.25, -0.2) is 0 Å². The van der Waals surface area contributed by atoms with E-state index in [1.54, 1.807) is 43.3 Å². The summed E-state index contributed by atoms with van der Waals surface area (Å²) in [5, 5.41) is 57.1. The lowest BCUT2D eigenvalue weighted by Gasteiger charge is -2.11. The van der Waals surface area contributed by atoms with E-state index in [1.165, 1.54) is 18.2 Å². The third-order valence-electron chi connectivity index (χ3n) is 6.05. The van der Waals surface area contributed by atoms with Crippen LogP contribution in [0.25, 0.3) is 0 Å². The van der Waals surface area contributed by atoms with E-state index in [0.29, 0.717) is 16.7 Å². The number of aliphatic imine (C=N–C) groups is 3. The van der Waals surface area contributed by atoms with Gasteiger partial charge in [0, 0.05) is 0 Å². The zero-order valence-corrected chi connectivity index (χ0v) is 25.5. The summed E-state index contributed by atoms with van der Waals surface area (Å²) in [7, 11) is 0. The predicted molar refractivity (Wildman–Crippen MR) is 175 cm³/mol. The number of aryl methyl sites for hydroxylation is 3.